The number of nitro groups is 1. The Morgan fingerprint density at radius 2 is 2.00 bits per heavy atom. The summed E-state index contributed by atoms with van der Waals surface area (Å²) in [7, 11) is -1.99. The van der Waals surface area contributed by atoms with E-state index >= 15 is 0 Å². The molecule has 0 radical (unpaired) electrons. The minimum atomic E-state index is -1.99. The highest BCUT2D eigenvalue weighted by molar-refractivity contribution is 6.59. The minimum absolute atomic E-state index is 0.0600. The molecule has 0 aliphatic carbocycles. The molecule has 0 saturated carbocycles. The van der Waals surface area contributed by atoms with Gasteiger partial charge in [-0.05, 0) is 31.8 Å². The van der Waals surface area contributed by atoms with Gasteiger partial charge in [0.2, 0.25) is 0 Å². The van der Waals surface area contributed by atoms with E-state index in [4.69, 9.17) is 10.5 Å². The summed E-state index contributed by atoms with van der Waals surface area (Å²) in [5, 5.41) is 29.3. The molecule has 0 spiro atoms. The highest BCUT2D eigenvalue weighted by atomic mass is 16.6. The summed E-state index contributed by atoms with van der Waals surface area (Å²) in [4.78, 5) is 21.9. The van der Waals surface area contributed by atoms with Gasteiger partial charge >= 0.3 is 13.1 Å². The van der Waals surface area contributed by atoms with Crippen LogP contribution < -0.4 is 11.2 Å². The van der Waals surface area contributed by atoms with Crippen LogP contribution >= 0.6 is 0 Å². The molecule has 1 aromatic rings. The van der Waals surface area contributed by atoms with Crippen molar-refractivity contribution in [2.24, 2.45) is 5.73 Å². The number of nitro benzene ring substituents is 1. The Kier molecular flexibility index (Phi) is 5.05. The molecule has 0 aliphatic rings. The lowest BCUT2D eigenvalue weighted by Gasteiger charge is -2.23. The second-order valence-corrected chi connectivity index (χ2v) is 5.46. The number of non-ortho nitro benzene ring substituents is 1. The van der Waals surface area contributed by atoms with Gasteiger partial charge in [0.15, 0.2) is 0 Å². The Morgan fingerprint density at radius 1 is 1.43 bits per heavy atom. The van der Waals surface area contributed by atoms with Crippen LogP contribution in [0, 0.1) is 10.1 Å². The van der Waals surface area contributed by atoms with E-state index in [1.165, 1.54) is 6.07 Å². The van der Waals surface area contributed by atoms with Crippen molar-refractivity contribution in [3.8, 4) is 0 Å². The third kappa shape index (κ3) is 4.52. The standard InChI is InChI=1S/C12H17BN2O6/c1-12(2,3)21-11(16)10(14)8-5-4-7(15(19)20)6-9(8)13(17)18/h4-6,10,17-18H,14H2,1-3H3/t10-/m1/s1. The van der Waals surface area contributed by atoms with Crippen molar-refractivity contribution in [3.63, 3.8) is 0 Å². The number of ether oxygens (including phenoxy) is 1. The summed E-state index contributed by atoms with van der Waals surface area (Å²) in [6.45, 7) is 4.99. The Balaban J connectivity index is 3.17. The number of carbonyl (C=O) groups is 1. The van der Waals surface area contributed by atoms with Crippen molar-refractivity contribution in [2.45, 2.75) is 32.4 Å². The topological polar surface area (TPSA) is 136 Å². The van der Waals surface area contributed by atoms with Crippen LogP contribution in [0.15, 0.2) is 18.2 Å². The maximum absolute atomic E-state index is 11.9. The van der Waals surface area contributed by atoms with Crippen molar-refractivity contribution in [2.75, 3.05) is 0 Å². The zero-order chi connectivity index (χ0) is 16.4. The molecule has 0 heterocycles. The number of hydrogen-bond donors (Lipinski definition) is 3. The first-order valence-electron chi connectivity index (χ1n) is 6.15. The molecular weight excluding hydrogens is 279 g/mol. The maximum Gasteiger partial charge on any atom is 0.489 e. The Bertz CT molecular complexity index is 555. The van der Waals surface area contributed by atoms with E-state index in [2.05, 4.69) is 0 Å². The molecule has 0 aliphatic heterocycles. The molecule has 0 amide bonds. The molecule has 0 aromatic heterocycles. The fourth-order valence-corrected chi connectivity index (χ4v) is 1.67. The number of rotatable bonds is 4. The smallest absolute Gasteiger partial charge is 0.459 e. The fraction of sp³-hybridized carbons (Fsp3) is 0.417. The van der Waals surface area contributed by atoms with Crippen LogP contribution in [0.2, 0.25) is 0 Å². The van der Waals surface area contributed by atoms with Crippen molar-refractivity contribution in [1.82, 2.24) is 0 Å². The van der Waals surface area contributed by atoms with E-state index in [0.717, 1.165) is 12.1 Å². The number of carbonyl (C=O) groups excluding carboxylic acids is 1. The predicted octanol–water partition coefficient (Wildman–Crippen LogP) is -0.384. The molecule has 0 bridgehead atoms. The molecule has 0 unspecified atom stereocenters. The highest BCUT2D eigenvalue weighted by Gasteiger charge is 2.29. The number of nitrogens with zero attached hydrogens (tertiary/aromatic N) is 1. The predicted molar refractivity (Wildman–Crippen MR) is 75.7 cm³/mol. The largest absolute Gasteiger partial charge is 0.489 e. The summed E-state index contributed by atoms with van der Waals surface area (Å²) in [5.74, 6) is -0.766. The van der Waals surface area contributed by atoms with E-state index < -0.39 is 29.7 Å². The van der Waals surface area contributed by atoms with Crippen LogP contribution in [0.5, 0.6) is 0 Å². The Hall–Kier alpha value is -1.97. The quantitative estimate of drug-likeness (QED) is 0.298. The van der Waals surface area contributed by atoms with Gasteiger partial charge in [-0.25, -0.2) is 4.79 Å². The van der Waals surface area contributed by atoms with Gasteiger partial charge < -0.3 is 20.5 Å². The first-order chi connectivity index (χ1) is 9.53. The molecule has 21 heavy (non-hydrogen) atoms. The second-order valence-electron chi connectivity index (χ2n) is 5.46. The Labute approximate surface area is 121 Å². The van der Waals surface area contributed by atoms with E-state index in [9.17, 15) is 25.0 Å². The first kappa shape index (κ1) is 17.1. The molecule has 4 N–H and O–H groups in total. The maximum atomic E-state index is 11.9. The molecule has 1 rings (SSSR count). The normalized spacial score (nSPS) is 12.7. The van der Waals surface area contributed by atoms with Crippen molar-refractivity contribution in [3.05, 3.63) is 33.9 Å². The molecule has 0 saturated heterocycles. The van der Waals surface area contributed by atoms with Crippen molar-refractivity contribution < 1.29 is 24.5 Å². The first-order valence-corrected chi connectivity index (χ1v) is 6.15. The van der Waals surface area contributed by atoms with Crippen LogP contribution in [0.1, 0.15) is 32.4 Å². The lowest BCUT2D eigenvalue weighted by Crippen LogP contribution is -2.39. The highest BCUT2D eigenvalue weighted by Crippen LogP contribution is 2.18. The molecule has 8 nitrogen and oxygen atoms in total. The van der Waals surface area contributed by atoms with E-state index in [1.807, 2.05) is 0 Å². The van der Waals surface area contributed by atoms with Gasteiger partial charge in [-0.1, -0.05) is 6.07 Å². The van der Waals surface area contributed by atoms with Crippen molar-refractivity contribution in [1.29, 1.82) is 0 Å². The zero-order valence-electron chi connectivity index (χ0n) is 11.9. The lowest BCUT2D eigenvalue weighted by atomic mass is 9.75. The van der Waals surface area contributed by atoms with Gasteiger partial charge in [-0.2, -0.15) is 0 Å². The van der Waals surface area contributed by atoms with Gasteiger partial charge in [-0.15, -0.1) is 0 Å². The molecule has 1 aromatic carbocycles. The number of nitrogens with two attached hydrogens (primary N) is 1. The van der Waals surface area contributed by atoms with Gasteiger partial charge in [-0.3, -0.25) is 10.1 Å². The molecule has 1 atom stereocenters. The average Bonchev–Trinajstić information content (AvgIpc) is 2.34. The van der Waals surface area contributed by atoms with Crippen LogP contribution in [0.25, 0.3) is 0 Å². The molecule has 9 heteroatoms. The molecule has 0 fully saturated rings. The zero-order valence-corrected chi connectivity index (χ0v) is 11.9. The molecule has 114 valence electrons. The third-order valence-corrected chi connectivity index (χ3v) is 2.56. The van der Waals surface area contributed by atoms with Gasteiger partial charge in [0, 0.05) is 12.1 Å². The molecular formula is C12H17BN2O6. The third-order valence-electron chi connectivity index (χ3n) is 2.56. The van der Waals surface area contributed by atoms with Crippen LogP contribution in [0.3, 0.4) is 0 Å². The fourth-order valence-electron chi connectivity index (χ4n) is 1.67. The van der Waals surface area contributed by atoms with Gasteiger partial charge in [0.1, 0.15) is 11.6 Å². The summed E-state index contributed by atoms with van der Waals surface area (Å²) >= 11 is 0. The van der Waals surface area contributed by atoms with E-state index in [-0.39, 0.29) is 16.7 Å². The van der Waals surface area contributed by atoms with Crippen LogP contribution in [-0.2, 0) is 9.53 Å². The number of hydrogen-bond acceptors (Lipinski definition) is 7. The number of esters is 1. The summed E-state index contributed by atoms with van der Waals surface area (Å²) < 4.78 is 5.11. The van der Waals surface area contributed by atoms with Gasteiger partial charge in [0.25, 0.3) is 5.69 Å². The summed E-state index contributed by atoms with van der Waals surface area (Å²) in [6, 6.07) is 2.03. The lowest BCUT2D eigenvalue weighted by molar-refractivity contribution is -0.384. The van der Waals surface area contributed by atoms with E-state index in [1.54, 1.807) is 20.8 Å². The average molecular weight is 296 g/mol. The monoisotopic (exact) mass is 296 g/mol. The minimum Gasteiger partial charge on any atom is -0.459 e. The second kappa shape index (κ2) is 6.21. The van der Waals surface area contributed by atoms with Crippen LogP contribution in [-0.4, -0.2) is 33.7 Å². The van der Waals surface area contributed by atoms with E-state index in [0.29, 0.717) is 0 Å². The summed E-state index contributed by atoms with van der Waals surface area (Å²) in [6.07, 6.45) is 0. The summed E-state index contributed by atoms with van der Waals surface area (Å²) in [5.41, 5.74) is 4.51. The van der Waals surface area contributed by atoms with Gasteiger partial charge in [0.05, 0.1) is 4.92 Å². The van der Waals surface area contributed by atoms with Crippen LogP contribution in [0.4, 0.5) is 5.69 Å². The Morgan fingerprint density at radius 3 is 2.43 bits per heavy atom. The SMILES string of the molecule is CC(C)(C)OC(=O)[C@H](N)c1ccc([N+](=O)[O-])cc1B(O)O. The number of benzene rings is 1. The van der Waals surface area contributed by atoms with Crippen molar-refractivity contribution >= 4 is 24.2 Å².